The van der Waals surface area contributed by atoms with Crippen LogP contribution < -0.4 is 10.1 Å². The van der Waals surface area contributed by atoms with Gasteiger partial charge in [0, 0.05) is 24.2 Å². The van der Waals surface area contributed by atoms with Crippen molar-refractivity contribution >= 4 is 33.2 Å². The van der Waals surface area contributed by atoms with E-state index in [0.29, 0.717) is 18.0 Å². The molecule has 0 bridgehead atoms. The van der Waals surface area contributed by atoms with E-state index in [1.807, 2.05) is 39.0 Å². The Labute approximate surface area is 182 Å². The van der Waals surface area contributed by atoms with Gasteiger partial charge in [-0.25, -0.2) is 0 Å². The molecule has 0 aliphatic heterocycles. The molecular formula is C21H21BrN4O4. The minimum absolute atomic E-state index is 0.168. The molecule has 0 atom stereocenters. The Balaban J connectivity index is 1.75. The summed E-state index contributed by atoms with van der Waals surface area (Å²) >= 11 is 3.38. The number of aromatic nitrogens is 2. The summed E-state index contributed by atoms with van der Waals surface area (Å²) in [5.74, 6) is 0.570. The Hall–Kier alpha value is -3.20. The zero-order chi connectivity index (χ0) is 21.8. The first kappa shape index (κ1) is 21.5. The molecule has 156 valence electrons. The molecule has 0 aliphatic carbocycles. The number of nitro groups is 1. The van der Waals surface area contributed by atoms with Gasteiger partial charge in [0.15, 0.2) is 0 Å². The number of amides is 1. The first-order valence-electron chi connectivity index (χ1n) is 9.24. The molecule has 0 spiro atoms. The van der Waals surface area contributed by atoms with Crippen molar-refractivity contribution in [1.82, 2.24) is 9.78 Å². The second-order valence-corrected chi connectivity index (χ2v) is 7.85. The lowest BCUT2D eigenvalue weighted by molar-refractivity contribution is -0.384. The SMILES string of the molecule is Cc1cc(C)cc(Oc2cc(NC(=O)CCn3ncc(Br)c3C)cc([N+](=O)[O-])c2)c1. The monoisotopic (exact) mass is 472 g/mol. The third kappa shape index (κ3) is 5.44. The third-order valence-electron chi connectivity index (χ3n) is 4.41. The van der Waals surface area contributed by atoms with Gasteiger partial charge in [-0.15, -0.1) is 0 Å². The quantitative estimate of drug-likeness (QED) is 0.371. The van der Waals surface area contributed by atoms with E-state index in [1.54, 1.807) is 16.9 Å². The topological polar surface area (TPSA) is 99.3 Å². The highest BCUT2D eigenvalue weighted by Gasteiger charge is 2.14. The van der Waals surface area contributed by atoms with E-state index in [4.69, 9.17) is 4.74 Å². The molecule has 0 saturated carbocycles. The molecule has 0 saturated heterocycles. The summed E-state index contributed by atoms with van der Waals surface area (Å²) in [5, 5.41) is 18.2. The molecule has 3 aromatic rings. The minimum Gasteiger partial charge on any atom is -0.457 e. The van der Waals surface area contributed by atoms with Crippen LogP contribution in [0.4, 0.5) is 11.4 Å². The summed E-state index contributed by atoms with van der Waals surface area (Å²) in [4.78, 5) is 23.2. The number of non-ortho nitro benzene ring substituents is 1. The standard InChI is InChI=1S/C21H21BrN4O4/c1-13-6-14(2)8-18(7-13)30-19-10-16(9-17(11-19)26(28)29)24-21(27)4-5-25-15(3)20(22)12-23-25/h6-12H,4-5H2,1-3H3,(H,24,27). The van der Waals surface area contributed by atoms with Crippen LogP contribution in [0.2, 0.25) is 0 Å². The minimum atomic E-state index is -0.519. The van der Waals surface area contributed by atoms with Crippen molar-refractivity contribution in [2.24, 2.45) is 0 Å². The first-order valence-corrected chi connectivity index (χ1v) is 10.0. The van der Waals surface area contributed by atoms with Crippen LogP contribution >= 0.6 is 15.9 Å². The van der Waals surface area contributed by atoms with E-state index in [9.17, 15) is 14.9 Å². The number of anilines is 1. The maximum Gasteiger partial charge on any atom is 0.275 e. The maximum atomic E-state index is 12.4. The number of ether oxygens (including phenoxy) is 1. The van der Waals surface area contributed by atoms with Gasteiger partial charge in [-0.1, -0.05) is 6.07 Å². The van der Waals surface area contributed by atoms with Crippen LogP contribution in [0.5, 0.6) is 11.5 Å². The predicted octanol–water partition coefficient (Wildman–Crippen LogP) is 5.30. The van der Waals surface area contributed by atoms with Gasteiger partial charge in [-0.05, 0) is 60.0 Å². The van der Waals surface area contributed by atoms with E-state index >= 15 is 0 Å². The molecular weight excluding hydrogens is 452 g/mol. The molecule has 8 nitrogen and oxygen atoms in total. The van der Waals surface area contributed by atoms with Crippen molar-refractivity contribution in [2.45, 2.75) is 33.7 Å². The maximum absolute atomic E-state index is 12.4. The second kappa shape index (κ2) is 9.08. The fourth-order valence-electron chi connectivity index (χ4n) is 3.03. The van der Waals surface area contributed by atoms with Crippen LogP contribution in [-0.2, 0) is 11.3 Å². The Morgan fingerprint density at radius 3 is 2.40 bits per heavy atom. The molecule has 1 aromatic heterocycles. The predicted molar refractivity (Wildman–Crippen MR) is 117 cm³/mol. The molecule has 1 N–H and O–H groups in total. The van der Waals surface area contributed by atoms with Gasteiger partial charge in [0.1, 0.15) is 11.5 Å². The third-order valence-corrected chi connectivity index (χ3v) is 5.19. The van der Waals surface area contributed by atoms with Gasteiger partial charge in [0.2, 0.25) is 5.91 Å². The molecule has 1 amide bonds. The zero-order valence-corrected chi connectivity index (χ0v) is 18.4. The Bertz CT molecular complexity index is 1090. The molecule has 0 unspecified atom stereocenters. The van der Waals surface area contributed by atoms with Crippen LogP contribution in [-0.4, -0.2) is 20.6 Å². The highest BCUT2D eigenvalue weighted by molar-refractivity contribution is 9.10. The van der Waals surface area contributed by atoms with E-state index in [2.05, 4.69) is 26.3 Å². The summed E-state index contributed by atoms with van der Waals surface area (Å²) in [6, 6.07) is 9.90. The van der Waals surface area contributed by atoms with Crippen molar-refractivity contribution < 1.29 is 14.5 Å². The average molecular weight is 473 g/mol. The summed E-state index contributed by atoms with van der Waals surface area (Å²) in [5.41, 5.74) is 3.09. The van der Waals surface area contributed by atoms with Crippen molar-refractivity contribution in [1.29, 1.82) is 0 Å². The Morgan fingerprint density at radius 2 is 1.80 bits per heavy atom. The van der Waals surface area contributed by atoms with Crippen LogP contribution in [0, 0.1) is 30.9 Å². The molecule has 0 aliphatic rings. The van der Waals surface area contributed by atoms with Crippen molar-refractivity contribution in [2.75, 3.05) is 5.32 Å². The van der Waals surface area contributed by atoms with Crippen molar-refractivity contribution in [3.8, 4) is 11.5 Å². The van der Waals surface area contributed by atoms with Gasteiger partial charge < -0.3 is 10.1 Å². The van der Waals surface area contributed by atoms with Crippen LogP contribution in [0.3, 0.4) is 0 Å². The van der Waals surface area contributed by atoms with Gasteiger partial charge in [0.05, 0.1) is 33.9 Å². The number of carbonyl (C=O) groups is 1. The van der Waals surface area contributed by atoms with Crippen LogP contribution in [0.1, 0.15) is 23.2 Å². The molecule has 0 fully saturated rings. The average Bonchev–Trinajstić information content (AvgIpc) is 2.97. The van der Waals surface area contributed by atoms with E-state index < -0.39 is 4.92 Å². The normalized spacial score (nSPS) is 10.7. The Morgan fingerprint density at radius 1 is 1.13 bits per heavy atom. The highest BCUT2D eigenvalue weighted by atomic mass is 79.9. The van der Waals surface area contributed by atoms with Crippen molar-refractivity contribution in [3.05, 3.63) is 74.0 Å². The van der Waals surface area contributed by atoms with Crippen LogP contribution in [0.15, 0.2) is 47.1 Å². The number of nitrogens with zero attached hydrogens (tertiary/aromatic N) is 3. The Kier molecular flexibility index (Phi) is 6.51. The van der Waals surface area contributed by atoms with E-state index in [1.165, 1.54) is 12.1 Å². The number of hydrogen-bond donors (Lipinski definition) is 1. The smallest absolute Gasteiger partial charge is 0.275 e. The van der Waals surface area contributed by atoms with Gasteiger partial charge in [-0.3, -0.25) is 19.6 Å². The number of rotatable bonds is 7. The lowest BCUT2D eigenvalue weighted by atomic mass is 10.1. The zero-order valence-electron chi connectivity index (χ0n) is 16.8. The van der Waals surface area contributed by atoms with E-state index in [-0.39, 0.29) is 23.8 Å². The van der Waals surface area contributed by atoms with Crippen molar-refractivity contribution in [3.63, 3.8) is 0 Å². The number of nitrogens with one attached hydrogen (secondary N) is 1. The number of carbonyl (C=O) groups excluding carboxylic acids is 1. The van der Waals surface area contributed by atoms with Gasteiger partial charge in [0.25, 0.3) is 5.69 Å². The number of nitro benzene ring substituents is 1. The summed E-state index contributed by atoms with van der Waals surface area (Å²) in [7, 11) is 0. The molecule has 30 heavy (non-hydrogen) atoms. The highest BCUT2D eigenvalue weighted by Crippen LogP contribution is 2.30. The van der Waals surface area contributed by atoms with Crippen LogP contribution in [0.25, 0.3) is 0 Å². The molecule has 9 heteroatoms. The molecule has 3 rings (SSSR count). The molecule has 0 radical (unpaired) electrons. The van der Waals surface area contributed by atoms with Gasteiger partial charge >= 0.3 is 0 Å². The molecule has 2 aromatic carbocycles. The summed E-state index contributed by atoms with van der Waals surface area (Å²) < 4.78 is 8.41. The number of benzene rings is 2. The van der Waals surface area contributed by atoms with E-state index in [0.717, 1.165) is 21.3 Å². The first-order chi connectivity index (χ1) is 14.2. The second-order valence-electron chi connectivity index (χ2n) is 7.00. The fraction of sp³-hybridized carbons (Fsp3) is 0.238. The largest absolute Gasteiger partial charge is 0.457 e. The summed E-state index contributed by atoms with van der Waals surface area (Å²) in [6.45, 7) is 6.17. The number of hydrogen-bond acceptors (Lipinski definition) is 5. The number of aryl methyl sites for hydroxylation is 3. The summed E-state index contributed by atoms with van der Waals surface area (Å²) in [6.07, 6.45) is 1.84. The molecule has 1 heterocycles. The number of halogens is 1. The lowest BCUT2D eigenvalue weighted by Crippen LogP contribution is -2.15. The van der Waals surface area contributed by atoms with Gasteiger partial charge in [-0.2, -0.15) is 5.10 Å². The lowest BCUT2D eigenvalue weighted by Gasteiger charge is -2.11. The fourth-order valence-corrected chi connectivity index (χ4v) is 3.32.